The molecule has 0 radical (unpaired) electrons. The van der Waals surface area contributed by atoms with Gasteiger partial charge in [0.2, 0.25) is 5.91 Å². The number of carbonyl (C=O) groups excluding carboxylic acids is 2. The first kappa shape index (κ1) is 18.0. The lowest BCUT2D eigenvalue weighted by molar-refractivity contribution is -0.147. The molecule has 2 atom stereocenters. The first-order valence-electron chi connectivity index (χ1n) is 8.07. The lowest BCUT2D eigenvalue weighted by Gasteiger charge is -2.47. The van der Waals surface area contributed by atoms with Crippen molar-refractivity contribution in [2.45, 2.75) is 17.8 Å². The van der Waals surface area contributed by atoms with Gasteiger partial charge in [-0.3, -0.25) is 19.4 Å². The van der Waals surface area contributed by atoms with Crippen LogP contribution in [0.5, 0.6) is 0 Å². The van der Waals surface area contributed by atoms with E-state index in [2.05, 4.69) is 10.2 Å². The summed E-state index contributed by atoms with van der Waals surface area (Å²) in [4.78, 5) is 39.1. The molecule has 0 unspecified atom stereocenters. The minimum atomic E-state index is -1.21. The van der Waals surface area contributed by atoms with Crippen LogP contribution in [0.25, 0.3) is 0 Å². The van der Waals surface area contributed by atoms with Gasteiger partial charge in [-0.1, -0.05) is 11.6 Å². The number of β-lactam (4-membered cyclic amide) rings is 1. The Balaban J connectivity index is 1.64. The first-order valence-corrected chi connectivity index (χ1v) is 9.49. The molecule has 9 nitrogen and oxygen atoms in total. The third kappa shape index (κ3) is 2.89. The summed E-state index contributed by atoms with van der Waals surface area (Å²) in [7, 11) is 0. The maximum atomic E-state index is 12.7. The fraction of sp³-hybridized carbons (Fsp3) is 0.312. The second-order valence-corrected chi connectivity index (χ2v) is 7.70. The zero-order valence-corrected chi connectivity index (χ0v) is 15.4. The van der Waals surface area contributed by atoms with Crippen molar-refractivity contribution < 1.29 is 19.5 Å². The lowest BCUT2D eigenvalue weighted by atomic mass is 10.0. The molecule has 3 aliphatic heterocycles. The highest BCUT2D eigenvalue weighted by Gasteiger charge is 2.51. The topological polar surface area (TPSA) is 130 Å². The minimum Gasteiger partial charge on any atom is -0.477 e. The maximum absolute atomic E-state index is 12.7. The summed E-state index contributed by atoms with van der Waals surface area (Å²) in [6.07, 6.45) is 2.00. The van der Waals surface area contributed by atoms with E-state index in [1.807, 2.05) is 0 Å². The Hall–Kier alpha value is -2.43. The number of nitrogens with zero attached hydrogens (tertiary/aromatic N) is 4. The molecule has 2 fully saturated rings. The Labute approximate surface area is 162 Å². The molecule has 2 saturated heterocycles. The highest BCUT2D eigenvalue weighted by Crippen LogP contribution is 2.40. The smallest absolute Gasteiger partial charge is 0.352 e. The average molecular weight is 408 g/mol. The molecule has 27 heavy (non-hydrogen) atoms. The summed E-state index contributed by atoms with van der Waals surface area (Å²) >= 11 is 7.11. The quantitative estimate of drug-likeness (QED) is 0.543. The zero-order chi connectivity index (χ0) is 19.3. The van der Waals surface area contributed by atoms with Crippen molar-refractivity contribution in [1.29, 1.82) is 0 Å². The standard InChI is InChI=1S/C16H14ClN5O4S/c17-9-1-2-10(20-19-9)21-4-3-7(13(21)23)5-8-6-27-15-11(18)14(24)22(15)12(8)16(25)26/h1-2,5,11,15H,3-4,6,18H2,(H,25,26)/b7-5+/t11-,15-/m1/s1. The number of thioether (sulfide) groups is 1. The summed E-state index contributed by atoms with van der Waals surface area (Å²) in [5.74, 6) is -1.17. The number of aliphatic carboxylic acids is 1. The van der Waals surface area contributed by atoms with Crippen molar-refractivity contribution in [3.63, 3.8) is 0 Å². The molecule has 0 bridgehead atoms. The van der Waals surface area contributed by atoms with Crippen LogP contribution in [0.15, 0.2) is 35.1 Å². The molecular weight excluding hydrogens is 394 g/mol. The normalized spacial score (nSPS) is 26.5. The monoisotopic (exact) mass is 407 g/mol. The number of anilines is 1. The first-order chi connectivity index (χ1) is 12.9. The predicted molar refractivity (Wildman–Crippen MR) is 97.8 cm³/mol. The summed E-state index contributed by atoms with van der Waals surface area (Å²) in [6.45, 7) is 0.403. The Morgan fingerprint density at radius 2 is 2.15 bits per heavy atom. The van der Waals surface area contributed by atoms with Gasteiger partial charge < -0.3 is 10.8 Å². The van der Waals surface area contributed by atoms with E-state index in [1.54, 1.807) is 18.2 Å². The van der Waals surface area contributed by atoms with Crippen LogP contribution in [0.3, 0.4) is 0 Å². The van der Waals surface area contributed by atoms with Crippen LogP contribution >= 0.6 is 23.4 Å². The Bertz CT molecular complexity index is 916. The average Bonchev–Trinajstić information content (AvgIpc) is 3.01. The third-order valence-corrected chi connectivity index (χ3v) is 6.13. The number of allylic oxidation sites excluding steroid dienone is 1. The van der Waals surface area contributed by atoms with Crippen molar-refractivity contribution in [3.8, 4) is 0 Å². The molecule has 3 aliphatic rings. The van der Waals surface area contributed by atoms with Gasteiger partial charge >= 0.3 is 5.97 Å². The van der Waals surface area contributed by atoms with Crippen LogP contribution in [-0.2, 0) is 14.4 Å². The van der Waals surface area contributed by atoms with Crippen molar-refractivity contribution in [1.82, 2.24) is 15.1 Å². The van der Waals surface area contributed by atoms with Gasteiger partial charge in [0, 0.05) is 17.9 Å². The molecule has 4 rings (SSSR count). The molecule has 11 heteroatoms. The van der Waals surface area contributed by atoms with Gasteiger partial charge in [-0.2, -0.15) is 0 Å². The number of halogens is 1. The van der Waals surface area contributed by atoms with Gasteiger partial charge in [0.1, 0.15) is 17.1 Å². The molecule has 3 N–H and O–H groups in total. The van der Waals surface area contributed by atoms with Crippen LogP contribution in [0, 0.1) is 0 Å². The van der Waals surface area contributed by atoms with E-state index in [4.69, 9.17) is 17.3 Å². The molecule has 0 spiro atoms. The van der Waals surface area contributed by atoms with E-state index in [0.29, 0.717) is 35.7 Å². The summed E-state index contributed by atoms with van der Waals surface area (Å²) in [6, 6.07) is 2.45. The molecular formula is C16H14ClN5O4S. The van der Waals surface area contributed by atoms with E-state index in [0.717, 1.165) is 0 Å². The minimum absolute atomic E-state index is 0.101. The second kappa shape index (κ2) is 6.63. The van der Waals surface area contributed by atoms with E-state index >= 15 is 0 Å². The van der Waals surface area contributed by atoms with Gasteiger partial charge in [0.05, 0.1) is 0 Å². The third-order valence-electron chi connectivity index (χ3n) is 4.61. The number of aromatic nitrogens is 2. The summed E-state index contributed by atoms with van der Waals surface area (Å²) < 4.78 is 0. The van der Waals surface area contributed by atoms with Crippen molar-refractivity contribution in [2.75, 3.05) is 17.2 Å². The van der Waals surface area contributed by atoms with E-state index in [9.17, 15) is 19.5 Å². The van der Waals surface area contributed by atoms with Crippen LogP contribution in [0.1, 0.15) is 6.42 Å². The second-order valence-electron chi connectivity index (χ2n) is 6.21. The predicted octanol–water partition coefficient (Wildman–Crippen LogP) is 0.374. The largest absolute Gasteiger partial charge is 0.477 e. The van der Waals surface area contributed by atoms with Gasteiger partial charge in [0.15, 0.2) is 11.0 Å². The van der Waals surface area contributed by atoms with E-state index in [-0.39, 0.29) is 22.1 Å². The van der Waals surface area contributed by atoms with Crippen molar-refractivity contribution in [3.05, 3.63) is 40.2 Å². The number of carboxylic acid groups (broad SMARTS) is 1. The molecule has 0 saturated carbocycles. The van der Waals surface area contributed by atoms with Crippen LogP contribution < -0.4 is 10.6 Å². The molecule has 0 aliphatic carbocycles. The number of rotatable bonds is 3. The number of hydrogen-bond donors (Lipinski definition) is 2. The molecule has 0 aromatic carbocycles. The summed E-state index contributed by atoms with van der Waals surface area (Å²) in [5.41, 5.74) is 6.52. The highest BCUT2D eigenvalue weighted by atomic mass is 35.5. The van der Waals surface area contributed by atoms with Crippen molar-refractivity contribution in [2.24, 2.45) is 5.73 Å². The molecule has 140 valence electrons. The van der Waals surface area contributed by atoms with Gasteiger partial charge in [0.25, 0.3) is 5.91 Å². The Morgan fingerprint density at radius 1 is 1.37 bits per heavy atom. The number of carboxylic acids is 1. The fourth-order valence-electron chi connectivity index (χ4n) is 3.28. The van der Waals surface area contributed by atoms with Crippen LogP contribution in [0.4, 0.5) is 5.82 Å². The lowest BCUT2D eigenvalue weighted by Crippen LogP contribution is -2.68. The number of nitrogens with two attached hydrogens (primary N) is 1. The van der Waals surface area contributed by atoms with Gasteiger partial charge in [-0.25, -0.2) is 4.79 Å². The Kier molecular flexibility index (Phi) is 4.41. The number of carbonyl (C=O) groups is 3. The van der Waals surface area contributed by atoms with Crippen LogP contribution in [0.2, 0.25) is 5.15 Å². The van der Waals surface area contributed by atoms with E-state index in [1.165, 1.54) is 21.6 Å². The molecule has 1 aromatic heterocycles. The zero-order valence-electron chi connectivity index (χ0n) is 13.8. The fourth-order valence-corrected chi connectivity index (χ4v) is 4.63. The maximum Gasteiger partial charge on any atom is 0.352 e. The van der Waals surface area contributed by atoms with E-state index < -0.39 is 17.9 Å². The molecule has 2 amide bonds. The Morgan fingerprint density at radius 3 is 2.81 bits per heavy atom. The van der Waals surface area contributed by atoms with Gasteiger partial charge in [-0.05, 0) is 30.2 Å². The number of amides is 2. The molecule has 4 heterocycles. The summed E-state index contributed by atoms with van der Waals surface area (Å²) in [5, 5.41) is 17.1. The molecule has 1 aromatic rings. The van der Waals surface area contributed by atoms with Gasteiger partial charge in [-0.15, -0.1) is 22.0 Å². The van der Waals surface area contributed by atoms with Crippen LogP contribution in [-0.4, -0.2) is 61.7 Å². The number of fused-ring (bicyclic) bond motifs is 1. The number of hydrogen-bond acceptors (Lipinski definition) is 7. The highest BCUT2D eigenvalue weighted by molar-refractivity contribution is 8.00. The van der Waals surface area contributed by atoms with Crippen molar-refractivity contribution >= 4 is 47.0 Å². The SMILES string of the molecule is N[C@@H]1C(=O)N2C(C(=O)O)=C(/C=C3\CCN(c4ccc(Cl)nn4)C3=O)CS[C@H]12.